The van der Waals surface area contributed by atoms with Gasteiger partial charge in [0.2, 0.25) is 11.8 Å². The van der Waals surface area contributed by atoms with Crippen LogP contribution in [0.5, 0.6) is 0 Å². The van der Waals surface area contributed by atoms with Crippen LogP contribution in [0.25, 0.3) is 0 Å². The summed E-state index contributed by atoms with van der Waals surface area (Å²) in [5.41, 5.74) is 0. The van der Waals surface area contributed by atoms with Crippen molar-refractivity contribution in [3.63, 3.8) is 0 Å². The van der Waals surface area contributed by atoms with Crippen molar-refractivity contribution in [3.8, 4) is 0 Å². The van der Waals surface area contributed by atoms with Crippen LogP contribution in [0.1, 0.15) is 25.7 Å². The van der Waals surface area contributed by atoms with Crippen molar-refractivity contribution in [1.82, 2.24) is 20.8 Å². The minimum absolute atomic E-state index is 0.00265. The van der Waals surface area contributed by atoms with E-state index in [1.54, 1.807) is 7.05 Å². The highest BCUT2D eigenvalue weighted by atomic mass is 16.4. The quantitative estimate of drug-likeness (QED) is 0.789. The number of rotatable bonds is 5. The zero-order chi connectivity index (χ0) is 13.7. The lowest BCUT2D eigenvalue weighted by Gasteiger charge is -2.30. The summed E-state index contributed by atoms with van der Waals surface area (Å²) in [6.07, 6.45) is 1.87. The van der Waals surface area contributed by atoms with Crippen LogP contribution in [0.3, 0.4) is 0 Å². The van der Waals surface area contributed by atoms with Crippen molar-refractivity contribution >= 4 is 11.9 Å². The van der Waals surface area contributed by atoms with Crippen LogP contribution >= 0.6 is 0 Å². The first-order valence-corrected chi connectivity index (χ1v) is 6.74. The van der Waals surface area contributed by atoms with Gasteiger partial charge in [0.15, 0.2) is 0 Å². The molecule has 1 atom stereocenters. The predicted molar refractivity (Wildman–Crippen MR) is 70.7 cm³/mol. The highest BCUT2D eigenvalue weighted by molar-refractivity contribution is 5.79. The Morgan fingerprint density at radius 1 is 1.53 bits per heavy atom. The number of amides is 1. The van der Waals surface area contributed by atoms with E-state index < -0.39 is 0 Å². The Morgan fingerprint density at radius 3 is 3.11 bits per heavy atom. The smallest absolute Gasteiger partial charge is 0.318 e. The van der Waals surface area contributed by atoms with E-state index in [2.05, 4.69) is 20.8 Å². The number of hydrogen-bond donors (Lipinski definition) is 2. The molecule has 1 unspecified atom stereocenters. The average molecular weight is 267 g/mol. The van der Waals surface area contributed by atoms with Crippen LogP contribution in [-0.4, -0.2) is 42.8 Å². The lowest BCUT2D eigenvalue weighted by molar-refractivity contribution is -0.124. The first-order chi connectivity index (χ1) is 9.24. The fourth-order valence-corrected chi connectivity index (χ4v) is 2.24. The summed E-state index contributed by atoms with van der Waals surface area (Å²) >= 11 is 0. The van der Waals surface area contributed by atoms with Gasteiger partial charge in [-0.25, -0.2) is 0 Å². The average Bonchev–Trinajstić information content (AvgIpc) is 2.93. The van der Waals surface area contributed by atoms with Crippen LogP contribution in [0.2, 0.25) is 0 Å². The van der Waals surface area contributed by atoms with Crippen molar-refractivity contribution in [2.75, 3.05) is 31.6 Å². The molecule has 2 heterocycles. The Bertz CT molecular complexity index is 420. The van der Waals surface area contributed by atoms with Gasteiger partial charge in [0.25, 0.3) is 0 Å². The topological polar surface area (TPSA) is 83.3 Å². The SMILES string of the molecule is CCNCc1nnc(N2CCCC(C(=O)NC)C2)o1. The molecule has 2 rings (SSSR count). The lowest BCUT2D eigenvalue weighted by atomic mass is 9.97. The second-order valence-corrected chi connectivity index (χ2v) is 4.66. The van der Waals surface area contributed by atoms with Gasteiger partial charge in [-0.05, 0) is 19.4 Å². The number of piperidine rings is 1. The lowest BCUT2D eigenvalue weighted by Crippen LogP contribution is -2.42. The van der Waals surface area contributed by atoms with Crippen molar-refractivity contribution in [2.45, 2.75) is 26.3 Å². The van der Waals surface area contributed by atoms with E-state index in [4.69, 9.17) is 4.42 Å². The second-order valence-electron chi connectivity index (χ2n) is 4.66. The Balaban J connectivity index is 1.97. The molecule has 7 heteroatoms. The Labute approximate surface area is 112 Å². The molecule has 0 aromatic carbocycles. The highest BCUT2D eigenvalue weighted by Gasteiger charge is 2.27. The molecule has 1 amide bonds. The number of hydrogen-bond acceptors (Lipinski definition) is 6. The van der Waals surface area contributed by atoms with E-state index in [9.17, 15) is 4.79 Å². The van der Waals surface area contributed by atoms with E-state index in [0.29, 0.717) is 25.0 Å². The van der Waals surface area contributed by atoms with Gasteiger partial charge in [0, 0.05) is 20.1 Å². The first kappa shape index (κ1) is 13.8. The summed E-state index contributed by atoms with van der Waals surface area (Å²) in [6.45, 7) is 4.96. The minimum atomic E-state index is 0.00265. The third kappa shape index (κ3) is 3.44. The highest BCUT2D eigenvalue weighted by Crippen LogP contribution is 2.22. The van der Waals surface area contributed by atoms with Crippen LogP contribution in [0.4, 0.5) is 6.01 Å². The van der Waals surface area contributed by atoms with Crippen molar-refractivity contribution in [1.29, 1.82) is 0 Å². The molecule has 0 radical (unpaired) electrons. The molecule has 1 aliphatic heterocycles. The monoisotopic (exact) mass is 267 g/mol. The molecule has 2 N–H and O–H groups in total. The van der Waals surface area contributed by atoms with E-state index in [0.717, 1.165) is 25.9 Å². The maximum absolute atomic E-state index is 11.7. The third-order valence-electron chi connectivity index (χ3n) is 3.29. The summed E-state index contributed by atoms with van der Waals surface area (Å²) < 4.78 is 5.60. The molecule has 7 nitrogen and oxygen atoms in total. The minimum Gasteiger partial charge on any atom is -0.407 e. The zero-order valence-electron chi connectivity index (χ0n) is 11.5. The normalized spacial score (nSPS) is 19.5. The molecule has 0 bridgehead atoms. The number of carbonyl (C=O) groups is 1. The van der Waals surface area contributed by atoms with E-state index >= 15 is 0 Å². The number of aromatic nitrogens is 2. The molecule has 106 valence electrons. The first-order valence-electron chi connectivity index (χ1n) is 6.74. The Morgan fingerprint density at radius 2 is 2.37 bits per heavy atom. The summed E-state index contributed by atoms with van der Waals surface area (Å²) in [5.74, 6) is 0.666. The number of nitrogens with zero attached hydrogens (tertiary/aromatic N) is 3. The summed E-state index contributed by atoms with van der Waals surface area (Å²) in [4.78, 5) is 13.7. The molecule has 1 saturated heterocycles. The standard InChI is InChI=1S/C12H21N5O2/c1-3-14-7-10-15-16-12(19-10)17-6-4-5-9(8-17)11(18)13-2/h9,14H,3-8H2,1-2H3,(H,13,18). The molecule has 1 aromatic rings. The van der Waals surface area contributed by atoms with Gasteiger partial charge < -0.3 is 20.0 Å². The van der Waals surface area contributed by atoms with Crippen LogP contribution < -0.4 is 15.5 Å². The van der Waals surface area contributed by atoms with Crippen molar-refractivity contribution in [2.24, 2.45) is 5.92 Å². The van der Waals surface area contributed by atoms with E-state index in [1.165, 1.54) is 0 Å². The van der Waals surface area contributed by atoms with Gasteiger partial charge in [-0.3, -0.25) is 4.79 Å². The number of anilines is 1. The second kappa shape index (κ2) is 6.51. The number of nitrogens with one attached hydrogen (secondary N) is 2. The molecule has 1 aliphatic rings. The van der Waals surface area contributed by atoms with Crippen LogP contribution in [0.15, 0.2) is 4.42 Å². The summed E-state index contributed by atoms with van der Waals surface area (Å²) in [7, 11) is 1.67. The Hall–Kier alpha value is -1.63. The molecular formula is C12H21N5O2. The van der Waals surface area contributed by atoms with Crippen LogP contribution in [-0.2, 0) is 11.3 Å². The summed E-state index contributed by atoms with van der Waals surface area (Å²) in [5, 5.41) is 13.9. The van der Waals surface area contributed by atoms with Gasteiger partial charge >= 0.3 is 6.01 Å². The van der Waals surface area contributed by atoms with E-state index in [1.807, 2.05) is 11.8 Å². The third-order valence-corrected chi connectivity index (χ3v) is 3.29. The molecule has 0 spiro atoms. The molecule has 1 fully saturated rings. The maximum atomic E-state index is 11.7. The molecule has 19 heavy (non-hydrogen) atoms. The van der Waals surface area contributed by atoms with Gasteiger partial charge in [0.1, 0.15) is 0 Å². The van der Waals surface area contributed by atoms with Gasteiger partial charge in [-0.1, -0.05) is 12.0 Å². The number of carbonyl (C=O) groups excluding carboxylic acids is 1. The Kier molecular flexibility index (Phi) is 4.73. The van der Waals surface area contributed by atoms with Crippen LogP contribution in [0, 0.1) is 5.92 Å². The molecule has 1 aromatic heterocycles. The largest absolute Gasteiger partial charge is 0.407 e. The molecular weight excluding hydrogens is 246 g/mol. The zero-order valence-corrected chi connectivity index (χ0v) is 11.5. The van der Waals surface area contributed by atoms with Gasteiger partial charge in [-0.2, -0.15) is 0 Å². The predicted octanol–water partition coefficient (Wildman–Crippen LogP) is 0.142. The summed E-state index contributed by atoms with van der Waals surface area (Å²) in [6, 6.07) is 0.515. The van der Waals surface area contributed by atoms with Gasteiger partial charge in [0.05, 0.1) is 12.5 Å². The fourth-order valence-electron chi connectivity index (χ4n) is 2.24. The molecule has 0 saturated carbocycles. The fraction of sp³-hybridized carbons (Fsp3) is 0.750. The van der Waals surface area contributed by atoms with E-state index in [-0.39, 0.29) is 11.8 Å². The maximum Gasteiger partial charge on any atom is 0.318 e. The molecule has 0 aliphatic carbocycles. The van der Waals surface area contributed by atoms with Crippen molar-refractivity contribution in [3.05, 3.63) is 5.89 Å². The van der Waals surface area contributed by atoms with Gasteiger partial charge in [-0.15, -0.1) is 5.10 Å². The van der Waals surface area contributed by atoms with Crippen molar-refractivity contribution < 1.29 is 9.21 Å².